The molecule has 7 rings (SSSR count). The summed E-state index contributed by atoms with van der Waals surface area (Å²) in [5.41, 5.74) is 8.06. The van der Waals surface area contributed by atoms with E-state index in [2.05, 4.69) is 42.5 Å². The molecule has 4 aromatic heterocycles. The van der Waals surface area contributed by atoms with Gasteiger partial charge in [0.1, 0.15) is 12.4 Å². The van der Waals surface area contributed by atoms with Crippen molar-refractivity contribution in [2.45, 2.75) is 25.5 Å². The number of furan rings is 1. The largest absolute Gasteiger partial charge is 0.491 e. The van der Waals surface area contributed by atoms with Gasteiger partial charge in [0, 0.05) is 37.4 Å². The smallest absolute Gasteiger partial charge is 0.336 e. The Morgan fingerprint density at radius 3 is 2.60 bits per heavy atom. The number of aromatic nitrogens is 6. The maximum absolute atomic E-state index is 12.8. The molecule has 242 valence electrons. The second-order valence-electron chi connectivity index (χ2n) is 11.3. The average molecular weight is 638 g/mol. The van der Waals surface area contributed by atoms with Crippen molar-refractivity contribution in [3.05, 3.63) is 84.3 Å². The van der Waals surface area contributed by atoms with Gasteiger partial charge < -0.3 is 34.9 Å². The first kappa shape index (κ1) is 30.2. The highest BCUT2D eigenvalue weighted by molar-refractivity contribution is 5.92. The second kappa shape index (κ2) is 12.7. The van der Waals surface area contributed by atoms with Gasteiger partial charge in [-0.15, -0.1) is 5.10 Å². The van der Waals surface area contributed by atoms with Crippen molar-refractivity contribution in [3.8, 4) is 17.3 Å². The molecule has 0 aliphatic carbocycles. The number of fused-ring (bicyclic) bond motifs is 3. The Hall–Kier alpha value is -5.47. The first-order chi connectivity index (χ1) is 23.0. The number of carboxylic acid groups (broad SMARTS) is 1. The van der Waals surface area contributed by atoms with Gasteiger partial charge >= 0.3 is 5.97 Å². The Morgan fingerprint density at radius 1 is 1.06 bits per heavy atom. The van der Waals surface area contributed by atoms with Gasteiger partial charge in [0.25, 0.3) is 0 Å². The first-order valence-corrected chi connectivity index (χ1v) is 15.5. The zero-order valence-corrected chi connectivity index (χ0v) is 25.9. The number of nitrogens with zero attached hydrogens (tertiary/aromatic N) is 7. The number of ether oxygens (including phenoxy) is 2. The normalized spacial score (nSPS) is 14.9. The Balaban J connectivity index is 1.03. The molecule has 4 N–H and O–H groups in total. The molecule has 0 amide bonds. The zero-order chi connectivity index (χ0) is 32.4. The minimum absolute atomic E-state index is 0.0324. The van der Waals surface area contributed by atoms with Crippen LogP contribution in [-0.4, -0.2) is 79.8 Å². The van der Waals surface area contributed by atoms with Crippen molar-refractivity contribution in [1.29, 1.82) is 0 Å². The molecule has 2 aromatic carbocycles. The fourth-order valence-electron chi connectivity index (χ4n) is 6.00. The van der Waals surface area contributed by atoms with Crippen LogP contribution >= 0.6 is 0 Å². The second-order valence-corrected chi connectivity index (χ2v) is 11.3. The lowest BCUT2D eigenvalue weighted by Crippen LogP contribution is -2.43. The number of hydrogen-bond donors (Lipinski definition) is 3. The monoisotopic (exact) mass is 637 g/mol. The molecule has 5 heterocycles. The van der Waals surface area contributed by atoms with Crippen LogP contribution < -0.4 is 20.7 Å². The molecule has 0 spiro atoms. The summed E-state index contributed by atoms with van der Waals surface area (Å²) in [6.07, 6.45) is 3.35. The van der Waals surface area contributed by atoms with Crippen LogP contribution in [0.3, 0.4) is 0 Å². The van der Waals surface area contributed by atoms with Crippen molar-refractivity contribution >= 4 is 34.3 Å². The molecule has 1 saturated heterocycles. The van der Waals surface area contributed by atoms with Crippen LogP contribution in [0, 0.1) is 0 Å². The molecule has 14 heteroatoms. The molecule has 1 fully saturated rings. The number of hydrogen-bond acceptors (Lipinski definition) is 11. The molecule has 6 aromatic rings. The Morgan fingerprint density at radius 2 is 1.85 bits per heavy atom. The van der Waals surface area contributed by atoms with Crippen LogP contribution in [0.1, 0.15) is 24.5 Å². The number of carbonyl (C=O) groups is 1. The van der Waals surface area contributed by atoms with Gasteiger partial charge in [0.2, 0.25) is 11.8 Å². The van der Waals surface area contributed by atoms with Gasteiger partial charge in [0.05, 0.1) is 31.1 Å². The Labute approximate surface area is 269 Å². The predicted octanol–water partition coefficient (Wildman–Crippen LogP) is 3.56. The van der Waals surface area contributed by atoms with Gasteiger partial charge in [0.15, 0.2) is 22.6 Å². The number of nitrogens with two attached hydrogens (primary N) is 1. The summed E-state index contributed by atoms with van der Waals surface area (Å²) in [6, 6.07) is 18.9. The van der Waals surface area contributed by atoms with Crippen molar-refractivity contribution < 1.29 is 23.8 Å². The lowest BCUT2D eigenvalue weighted by molar-refractivity contribution is -0.145. The average Bonchev–Trinajstić information content (AvgIpc) is 3.86. The van der Waals surface area contributed by atoms with E-state index in [0.29, 0.717) is 48.0 Å². The zero-order valence-electron chi connectivity index (χ0n) is 25.9. The van der Waals surface area contributed by atoms with Crippen LogP contribution in [0.25, 0.3) is 28.3 Å². The molecule has 0 bridgehead atoms. The molecule has 1 aliphatic rings. The number of carboxylic acids is 1. The van der Waals surface area contributed by atoms with E-state index in [1.807, 2.05) is 18.2 Å². The highest BCUT2D eigenvalue weighted by Gasteiger charge is 2.43. The molecule has 1 unspecified atom stereocenters. The summed E-state index contributed by atoms with van der Waals surface area (Å²) in [6.45, 7) is 6.92. The summed E-state index contributed by atoms with van der Waals surface area (Å²) < 4.78 is 20.2. The lowest BCUT2D eigenvalue weighted by atomic mass is 9.87. The molecule has 1 aliphatic heterocycles. The number of anilines is 2. The van der Waals surface area contributed by atoms with Crippen molar-refractivity contribution in [2.75, 3.05) is 50.0 Å². The minimum atomic E-state index is -1.50. The van der Waals surface area contributed by atoms with Crippen molar-refractivity contribution in [3.63, 3.8) is 0 Å². The topological polar surface area (TPSA) is 171 Å². The predicted molar refractivity (Wildman–Crippen MR) is 174 cm³/mol. The number of aliphatic carboxylic acids is 1. The van der Waals surface area contributed by atoms with Crippen LogP contribution in [0.15, 0.2) is 77.5 Å². The minimum Gasteiger partial charge on any atom is -0.491 e. The van der Waals surface area contributed by atoms with Crippen molar-refractivity contribution in [2.24, 2.45) is 0 Å². The van der Waals surface area contributed by atoms with Crippen LogP contribution in [-0.2, 0) is 21.7 Å². The quantitative estimate of drug-likeness (QED) is 0.167. The maximum atomic E-state index is 12.8. The fraction of sp³-hybridized carbons (Fsp3) is 0.303. The SMILES string of the molecule is CCC(C(=O)O)(c1ccccc1)n1ncc2c1nc(N)n1nc(-c3cc(COCCOc4ccc(N5CCNCC5)cc4)co3)nc21. The van der Waals surface area contributed by atoms with E-state index in [9.17, 15) is 9.90 Å². The van der Waals surface area contributed by atoms with Gasteiger partial charge in [-0.1, -0.05) is 37.3 Å². The highest BCUT2D eigenvalue weighted by Crippen LogP contribution is 2.34. The van der Waals surface area contributed by atoms with Crippen LogP contribution in [0.4, 0.5) is 11.6 Å². The summed E-state index contributed by atoms with van der Waals surface area (Å²) >= 11 is 0. The third kappa shape index (κ3) is 5.61. The standard InChI is InChI=1S/C33H35N9O5/c1-2-33(31(43)44,23-6-4-3-5-7-23)42-30-26(19-36-42)29-37-28(39-41(29)32(34)38-30)27-18-22(21-47-27)20-45-16-17-46-25-10-8-24(9-11-25)40-14-12-35-13-15-40/h3-11,18-19,21,35H,2,12-17,20H2,1H3,(H2,34,38)(H,43,44). The fourth-order valence-corrected chi connectivity index (χ4v) is 6.00. The van der Waals surface area contributed by atoms with E-state index in [1.165, 1.54) is 21.1 Å². The molecular formula is C33H35N9O5. The van der Waals surface area contributed by atoms with Gasteiger partial charge in [-0.2, -0.15) is 14.6 Å². The number of nitrogens with one attached hydrogen (secondary N) is 1. The third-order valence-corrected chi connectivity index (χ3v) is 8.47. The summed E-state index contributed by atoms with van der Waals surface area (Å²) in [5.74, 6) is 0.486. The molecule has 47 heavy (non-hydrogen) atoms. The van der Waals surface area contributed by atoms with E-state index in [4.69, 9.17) is 19.6 Å². The number of rotatable bonds is 12. The van der Waals surface area contributed by atoms with E-state index in [0.717, 1.165) is 37.5 Å². The molecule has 0 radical (unpaired) electrons. The first-order valence-electron chi connectivity index (χ1n) is 15.5. The van der Waals surface area contributed by atoms with E-state index >= 15 is 0 Å². The number of piperazine rings is 1. The van der Waals surface area contributed by atoms with Gasteiger partial charge in [-0.3, -0.25) is 0 Å². The summed E-state index contributed by atoms with van der Waals surface area (Å²) in [4.78, 5) is 24.3. The lowest BCUT2D eigenvalue weighted by Gasteiger charge is -2.29. The number of benzene rings is 2. The molecule has 14 nitrogen and oxygen atoms in total. The Kier molecular flexibility index (Phi) is 8.18. The highest BCUT2D eigenvalue weighted by atomic mass is 16.5. The molecule has 1 atom stereocenters. The molecular weight excluding hydrogens is 602 g/mol. The van der Waals surface area contributed by atoms with E-state index in [-0.39, 0.29) is 18.0 Å². The summed E-state index contributed by atoms with van der Waals surface area (Å²) in [5, 5.41) is 23.3. The van der Waals surface area contributed by atoms with Crippen molar-refractivity contribution in [1.82, 2.24) is 34.7 Å². The molecule has 0 saturated carbocycles. The van der Waals surface area contributed by atoms with Crippen LogP contribution in [0.2, 0.25) is 0 Å². The van der Waals surface area contributed by atoms with E-state index in [1.54, 1.807) is 43.5 Å². The maximum Gasteiger partial charge on any atom is 0.336 e. The van der Waals surface area contributed by atoms with Crippen LogP contribution in [0.5, 0.6) is 5.75 Å². The summed E-state index contributed by atoms with van der Waals surface area (Å²) in [7, 11) is 0. The van der Waals surface area contributed by atoms with E-state index < -0.39 is 11.5 Å². The Bertz CT molecular complexity index is 2000. The third-order valence-electron chi connectivity index (χ3n) is 8.47. The van der Waals surface area contributed by atoms with Gasteiger partial charge in [-0.05, 0) is 42.3 Å². The van der Waals surface area contributed by atoms with Gasteiger partial charge in [-0.25, -0.2) is 14.5 Å². The number of nitrogen functional groups attached to an aromatic ring is 1.